The summed E-state index contributed by atoms with van der Waals surface area (Å²) in [5.41, 5.74) is 1.15. The number of benzene rings is 1. The van der Waals surface area contributed by atoms with Gasteiger partial charge in [0.1, 0.15) is 6.61 Å². The number of pyridine rings is 1. The molecule has 26 heavy (non-hydrogen) atoms. The van der Waals surface area contributed by atoms with Gasteiger partial charge in [-0.3, -0.25) is 4.98 Å². The molecule has 0 fully saturated rings. The number of nitrogens with zero attached hydrogens (tertiary/aromatic N) is 2. The molecular formula is C19H25N3O4. The van der Waals surface area contributed by atoms with Crippen LogP contribution < -0.4 is 19.5 Å². The normalized spacial score (nSPS) is 10.1. The second-order valence-electron chi connectivity index (χ2n) is 5.60. The Morgan fingerprint density at radius 2 is 1.85 bits per heavy atom. The highest BCUT2D eigenvalue weighted by atomic mass is 16.5. The van der Waals surface area contributed by atoms with Crippen LogP contribution in [0.3, 0.4) is 0 Å². The van der Waals surface area contributed by atoms with Crippen molar-refractivity contribution >= 4 is 6.03 Å². The van der Waals surface area contributed by atoms with Crippen LogP contribution in [0.2, 0.25) is 0 Å². The minimum atomic E-state index is -0.139. The number of aromatic nitrogens is 1. The first-order chi connectivity index (χ1) is 12.7. The van der Waals surface area contributed by atoms with Crippen molar-refractivity contribution in [2.45, 2.75) is 6.42 Å². The number of rotatable bonds is 9. The number of ether oxygens (including phenoxy) is 3. The zero-order valence-corrected chi connectivity index (χ0v) is 15.4. The van der Waals surface area contributed by atoms with E-state index in [1.54, 1.807) is 50.7 Å². The van der Waals surface area contributed by atoms with Crippen LogP contribution in [-0.4, -0.2) is 56.9 Å². The molecule has 0 saturated carbocycles. The minimum Gasteiger partial charge on any atom is -0.493 e. The molecule has 0 spiro atoms. The third kappa shape index (κ3) is 5.54. The van der Waals surface area contributed by atoms with Crippen LogP contribution in [0.1, 0.15) is 5.56 Å². The van der Waals surface area contributed by atoms with E-state index < -0.39 is 0 Å². The summed E-state index contributed by atoms with van der Waals surface area (Å²) in [5, 5.41) is 2.83. The maximum absolute atomic E-state index is 12.1. The summed E-state index contributed by atoms with van der Waals surface area (Å²) in [6.45, 7) is 1.34. The van der Waals surface area contributed by atoms with Crippen molar-refractivity contribution in [3.05, 3.63) is 48.3 Å². The van der Waals surface area contributed by atoms with E-state index in [4.69, 9.17) is 14.2 Å². The van der Waals surface area contributed by atoms with Crippen molar-refractivity contribution in [2.75, 3.05) is 41.0 Å². The second kappa shape index (κ2) is 10.1. The first kappa shape index (κ1) is 19.4. The molecule has 0 aliphatic rings. The Morgan fingerprint density at radius 3 is 2.54 bits per heavy atom. The van der Waals surface area contributed by atoms with Gasteiger partial charge in [-0.1, -0.05) is 6.07 Å². The van der Waals surface area contributed by atoms with E-state index in [-0.39, 0.29) is 6.03 Å². The van der Waals surface area contributed by atoms with Gasteiger partial charge in [0.15, 0.2) is 11.5 Å². The van der Waals surface area contributed by atoms with Gasteiger partial charge in [-0.15, -0.1) is 0 Å². The van der Waals surface area contributed by atoms with Crippen molar-refractivity contribution in [1.82, 2.24) is 15.2 Å². The number of carbonyl (C=O) groups excluding carboxylic acids is 1. The SMILES string of the molecule is COc1cccc(OCCNC(=O)N(C)CCc2ccncc2)c1OC. The van der Waals surface area contributed by atoms with Crippen LogP contribution >= 0.6 is 0 Å². The Morgan fingerprint density at radius 1 is 1.12 bits per heavy atom. The zero-order chi connectivity index (χ0) is 18.8. The topological polar surface area (TPSA) is 72.9 Å². The highest BCUT2D eigenvalue weighted by molar-refractivity contribution is 5.73. The monoisotopic (exact) mass is 359 g/mol. The molecule has 0 unspecified atom stereocenters. The number of carbonyl (C=O) groups is 1. The van der Waals surface area contributed by atoms with Crippen molar-refractivity contribution < 1.29 is 19.0 Å². The number of likely N-dealkylation sites (N-methyl/N-ethyl adjacent to an activating group) is 1. The molecule has 0 aliphatic heterocycles. The first-order valence-electron chi connectivity index (χ1n) is 8.37. The summed E-state index contributed by atoms with van der Waals surface area (Å²) in [6, 6.07) is 9.17. The Labute approximate surface area is 153 Å². The Bertz CT molecular complexity index is 694. The van der Waals surface area contributed by atoms with Crippen molar-refractivity contribution in [3.8, 4) is 17.2 Å². The van der Waals surface area contributed by atoms with E-state index in [9.17, 15) is 4.79 Å². The molecule has 7 nitrogen and oxygen atoms in total. The molecule has 2 rings (SSSR count). The van der Waals surface area contributed by atoms with Gasteiger partial charge in [0.2, 0.25) is 5.75 Å². The summed E-state index contributed by atoms with van der Waals surface area (Å²) >= 11 is 0. The maximum atomic E-state index is 12.1. The number of hydrogen-bond acceptors (Lipinski definition) is 5. The smallest absolute Gasteiger partial charge is 0.317 e. The average molecular weight is 359 g/mol. The molecule has 2 aromatic rings. The van der Waals surface area contributed by atoms with Crippen LogP contribution in [-0.2, 0) is 6.42 Å². The number of nitrogens with one attached hydrogen (secondary N) is 1. The molecule has 0 aliphatic carbocycles. The lowest BCUT2D eigenvalue weighted by atomic mass is 10.2. The summed E-state index contributed by atoms with van der Waals surface area (Å²) < 4.78 is 16.2. The molecule has 1 aromatic heterocycles. The van der Waals surface area contributed by atoms with Crippen molar-refractivity contribution in [2.24, 2.45) is 0 Å². The fraction of sp³-hybridized carbons (Fsp3) is 0.368. The van der Waals surface area contributed by atoms with Crippen LogP contribution in [0.4, 0.5) is 4.79 Å². The molecule has 2 amide bonds. The highest BCUT2D eigenvalue weighted by Gasteiger charge is 2.11. The van der Waals surface area contributed by atoms with Gasteiger partial charge < -0.3 is 24.4 Å². The zero-order valence-electron chi connectivity index (χ0n) is 15.4. The molecule has 0 atom stereocenters. The number of amides is 2. The fourth-order valence-corrected chi connectivity index (χ4v) is 2.37. The Balaban J connectivity index is 1.73. The number of hydrogen-bond donors (Lipinski definition) is 1. The summed E-state index contributed by atoms with van der Waals surface area (Å²) in [7, 11) is 4.90. The predicted octanol–water partition coefficient (Wildman–Crippen LogP) is 2.36. The van der Waals surface area contributed by atoms with Crippen molar-refractivity contribution in [3.63, 3.8) is 0 Å². The van der Waals surface area contributed by atoms with Crippen LogP contribution in [0.25, 0.3) is 0 Å². The number of methoxy groups -OCH3 is 2. The van der Waals surface area contributed by atoms with Crippen LogP contribution in [0.15, 0.2) is 42.7 Å². The minimum absolute atomic E-state index is 0.139. The van der Waals surface area contributed by atoms with E-state index in [2.05, 4.69) is 10.3 Å². The molecule has 0 saturated heterocycles. The van der Waals surface area contributed by atoms with Gasteiger partial charge in [-0.2, -0.15) is 0 Å². The quantitative estimate of drug-likeness (QED) is 0.696. The molecule has 140 valence electrons. The molecule has 0 bridgehead atoms. The van der Waals surface area contributed by atoms with Gasteiger partial charge in [0.05, 0.1) is 20.8 Å². The van der Waals surface area contributed by atoms with Gasteiger partial charge in [-0.05, 0) is 36.2 Å². The molecule has 7 heteroatoms. The van der Waals surface area contributed by atoms with Gasteiger partial charge >= 0.3 is 6.03 Å². The van der Waals surface area contributed by atoms with Gasteiger partial charge in [-0.25, -0.2) is 4.79 Å². The average Bonchev–Trinajstić information content (AvgIpc) is 2.69. The standard InChI is InChI=1S/C19H25N3O4/c1-22(13-9-15-7-10-20-11-8-15)19(23)21-12-14-26-17-6-4-5-16(24-2)18(17)25-3/h4-8,10-11H,9,12-14H2,1-3H3,(H,21,23). The molecule has 1 N–H and O–H groups in total. The van der Waals surface area contributed by atoms with Gasteiger partial charge in [0.25, 0.3) is 0 Å². The summed E-state index contributed by atoms with van der Waals surface area (Å²) in [5.74, 6) is 1.72. The number of para-hydroxylation sites is 1. The highest BCUT2D eigenvalue weighted by Crippen LogP contribution is 2.36. The lowest BCUT2D eigenvalue weighted by molar-refractivity contribution is 0.205. The lowest BCUT2D eigenvalue weighted by Crippen LogP contribution is -2.40. The molecule has 0 radical (unpaired) electrons. The summed E-state index contributed by atoms with van der Waals surface area (Å²) in [4.78, 5) is 17.7. The van der Waals surface area contributed by atoms with E-state index in [0.717, 1.165) is 12.0 Å². The Hall–Kier alpha value is -2.96. The molecule has 1 aromatic carbocycles. The second-order valence-corrected chi connectivity index (χ2v) is 5.60. The lowest BCUT2D eigenvalue weighted by Gasteiger charge is -2.18. The van der Waals surface area contributed by atoms with Gasteiger partial charge in [0, 0.05) is 26.0 Å². The molecular weight excluding hydrogens is 334 g/mol. The predicted molar refractivity (Wildman–Crippen MR) is 99.0 cm³/mol. The maximum Gasteiger partial charge on any atom is 0.317 e. The van der Waals surface area contributed by atoms with E-state index in [1.807, 2.05) is 18.2 Å². The third-order valence-corrected chi connectivity index (χ3v) is 3.83. The van der Waals surface area contributed by atoms with E-state index >= 15 is 0 Å². The first-order valence-corrected chi connectivity index (χ1v) is 8.37. The van der Waals surface area contributed by atoms with E-state index in [1.165, 1.54) is 0 Å². The number of urea groups is 1. The third-order valence-electron chi connectivity index (χ3n) is 3.83. The van der Waals surface area contributed by atoms with Crippen LogP contribution in [0.5, 0.6) is 17.2 Å². The largest absolute Gasteiger partial charge is 0.493 e. The fourth-order valence-electron chi connectivity index (χ4n) is 2.37. The summed E-state index contributed by atoms with van der Waals surface area (Å²) in [6.07, 6.45) is 4.28. The Kier molecular flexibility index (Phi) is 7.54. The van der Waals surface area contributed by atoms with Crippen LogP contribution in [0, 0.1) is 0 Å². The molecule has 1 heterocycles. The van der Waals surface area contributed by atoms with E-state index in [0.29, 0.717) is 36.9 Å². The van der Waals surface area contributed by atoms with Crippen molar-refractivity contribution in [1.29, 1.82) is 0 Å².